The number of benzene rings is 1. The lowest BCUT2D eigenvalue weighted by Crippen LogP contribution is -2.38. The van der Waals surface area contributed by atoms with Gasteiger partial charge in [-0.15, -0.1) is 0 Å². The van der Waals surface area contributed by atoms with E-state index in [4.69, 9.17) is 11.6 Å². The van der Waals surface area contributed by atoms with Crippen molar-refractivity contribution >= 4 is 52.6 Å². The van der Waals surface area contributed by atoms with Gasteiger partial charge in [-0.3, -0.25) is 14.0 Å². The summed E-state index contributed by atoms with van der Waals surface area (Å²) in [6, 6.07) is 11.0. The number of aromatic nitrogens is 2. The summed E-state index contributed by atoms with van der Waals surface area (Å²) in [5.41, 5.74) is 3.33. The third-order valence-electron chi connectivity index (χ3n) is 5.03. The molecule has 0 unspecified atom stereocenters. The number of carbonyl (C=O) groups is 2. The molecule has 3 heterocycles. The third-order valence-corrected chi connectivity index (χ3v) is 6.26. The summed E-state index contributed by atoms with van der Waals surface area (Å²) in [5, 5.41) is 3.19. The molecule has 6 nitrogen and oxygen atoms in total. The van der Waals surface area contributed by atoms with Crippen molar-refractivity contribution in [3.05, 3.63) is 70.6 Å². The summed E-state index contributed by atoms with van der Waals surface area (Å²) in [4.78, 5) is 31.5. The zero-order valence-corrected chi connectivity index (χ0v) is 18.0. The van der Waals surface area contributed by atoms with Crippen molar-refractivity contribution in [3.8, 4) is 0 Å². The van der Waals surface area contributed by atoms with Crippen LogP contribution in [0.5, 0.6) is 0 Å². The molecular formula is C22H21ClN4O2S. The molecule has 0 radical (unpaired) electrons. The Morgan fingerprint density at radius 1 is 1.17 bits per heavy atom. The highest BCUT2D eigenvalue weighted by molar-refractivity contribution is 7.99. The highest BCUT2D eigenvalue weighted by Crippen LogP contribution is 2.23. The van der Waals surface area contributed by atoms with E-state index in [-0.39, 0.29) is 11.8 Å². The van der Waals surface area contributed by atoms with Gasteiger partial charge >= 0.3 is 0 Å². The summed E-state index contributed by atoms with van der Waals surface area (Å²) in [6.07, 6.45) is 4.88. The van der Waals surface area contributed by atoms with E-state index < -0.39 is 0 Å². The molecule has 154 valence electrons. The normalized spacial score (nSPS) is 14.4. The van der Waals surface area contributed by atoms with Crippen LogP contribution in [0.2, 0.25) is 5.15 Å². The van der Waals surface area contributed by atoms with Crippen LogP contribution in [-0.4, -0.2) is 50.7 Å². The van der Waals surface area contributed by atoms with E-state index in [1.807, 2.05) is 58.4 Å². The molecule has 0 saturated carbocycles. The predicted molar refractivity (Wildman–Crippen MR) is 122 cm³/mol. The fourth-order valence-electron chi connectivity index (χ4n) is 3.40. The summed E-state index contributed by atoms with van der Waals surface area (Å²) in [6.45, 7) is 3.36. The number of hydrogen-bond donors (Lipinski definition) is 1. The maximum Gasteiger partial charge on any atom is 0.254 e. The summed E-state index contributed by atoms with van der Waals surface area (Å²) < 4.78 is 1.81. The Morgan fingerprint density at radius 2 is 1.97 bits per heavy atom. The van der Waals surface area contributed by atoms with Gasteiger partial charge in [0.05, 0.1) is 5.69 Å². The summed E-state index contributed by atoms with van der Waals surface area (Å²) in [5.74, 6) is 1.62. The van der Waals surface area contributed by atoms with E-state index in [2.05, 4.69) is 10.3 Å². The number of imidazole rings is 1. The molecule has 1 aliphatic heterocycles. The summed E-state index contributed by atoms with van der Waals surface area (Å²) >= 11 is 8.07. The lowest BCUT2D eigenvalue weighted by atomic mass is 10.1. The van der Waals surface area contributed by atoms with E-state index in [1.165, 1.54) is 6.08 Å². The maximum absolute atomic E-state index is 12.9. The number of hydrogen-bond acceptors (Lipinski definition) is 4. The molecule has 0 spiro atoms. The molecule has 0 bridgehead atoms. The van der Waals surface area contributed by atoms with Gasteiger partial charge in [0.1, 0.15) is 5.65 Å². The number of carbonyl (C=O) groups excluding carboxylic acids is 2. The van der Waals surface area contributed by atoms with Gasteiger partial charge in [-0.05, 0) is 42.8 Å². The molecule has 1 saturated heterocycles. The van der Waals surface area contributed by atoms with Crippen molar-refractivity contribution in [1.29, 1.82) is 0 Å². The molecular weight excluding hydrogens is 420 g/mol. The molecule has 4 rings (SSSR count). The van der Waals surface area contributed by atoms with Crippen LogP contribution in [0.4, 0.5) is 5.69 Å². The molecule has 8 heteroatoms. The predicted octanol–water partition coefficient (Wildman–Crippen LogP) is 4.14. The highest BCUT2D eigenvalue weighted by atomic mass is 35.5. The van der Waals surface area contributed by atoms with E-state index in [9.17, 15) is 9.59 Å². The molecule has 0 atom stereocenters. The first-order chi connectivity index (χ1) is 14.5. The van der Waals surface area contributed by atoms with Crippen molar-refractivity contribution < 1.29 is 9.59 Å². The van der Waals surface area contributed by atoms with E-state index in [0.717, 1.165) is 30.2 Å². The fourth-order valence-corrected chi connectivity index (χ4v) is 4.55. The molecule has 2 aromatic heterocycles. The molecule has 30 heavy (non-hydrogen) atoms. The van der Waals surface area contributed by atoms with Crippen LogP contribution in [0.1, 0.15) is 21.6 Å². The monoisotopic (exact) mass is 440 g/mol. The van der Waals surface area contributed by atoms with Crippen molar-refractivity contribution in [2.75, 3.05) is 29.9 Å². The second-order valence-corrected chi connectivity index (χ2v) is 8.50. The first-order valence-electron chi connectivity index (χ1n) is 9.63. The number of halogens is 1. The first-order valence-corrected chi connectivity index (χ1v) is 11.2. The van der Waals surface area contributed by atoms with Crippen LogP contribution in [-0.2, 0) is 4.79 Å². The fraction of sp³-hybridized carbons (Fsp3) is 0.227. The zero-order valence-electron chi connectivity index (χ0n) is 16.5. The Labute approximate surface area is 183 Å². The number of nitrogens with one attached hydrogen (secondary N) is 1. The summed E-state index contributed by atoms with van der Waals surface area (Å²) in [7, 11) is 0. The Kier molecular flexibility index (Phi) is 6.11. The van der Waals surface area contributed by atoms with Gasteiger partial charge in [0.25, 0.3) is 5.91 Å². The van der Waals surface area contributed by atoms with Gasteiger partial charge in [0.15, 0.2) is 5.15 Å². The second kappa shape index (κ2) is 8.93. The Hall–Kier alpha value is -2.77. The third kappa shape index (κ3) is 4.22. The smallest absolute Gasteiger partial charge is 0.254 e. The zero-order chi connectivity index (χ0) is 21.1. The number of rotatable bonds is 4. The lowest BCUT2D eigenvalue weighted by Gasteiger charge is -2.27. The van der Waals surface area contributed by atoms with Crippen LogP contribution in [0.15, 0.2) is 48.7 Å². The SMILES string of the molecule is Cc1c(NC(=O)/C=C/c2c(Cl)nc3ccccn23)cccc1C(=O)N1CCSCC1. The van der Waals surface area contributed by atoms with Crippen LogP contribution >= 0.6 is 23.4 Å². The van der Waals surface area contributed by atoms with E-state index in [1.54, 1.807) is 18.2 Å². The van der Waals surface area contributed by atoms with Crippen LogP contribution in [0, 0.1) is 6.92 Å². The number of amides is 2. The largest absolute Gasteiger partial charge is 0.337 e. The number of pyridine rings is 1. The van der Waals surface area contributed by atoms with Gasteiger partial charge in [-0.25, -0.2) is 4.98 Å². The van der Waals surface area contributed by atoms with Gasteiger partial charge in [0.2, 0.25) is 5.91 Å². The first kappa shape index (κ1) is 20.5. The molecule has 3 aromatic rings. The molecule has 1 N–H and O–H groups in total. The molecule has 1 aliphatic rings. The molecule has 1 fully saturated rings. The van der Waals surface area contributed by atoms with Gasteiger partial charge in [-0.2, -0.15) is 11.8 Å². The van der Waals surface area contributed by atoms with E-state index >= 15 is 0 Å². The Morgan fingerprint density at radius 3 is 2.77 bits per heavy atom. The van der Waals surface area contributed by atoms with Crippen molar-refractivity contribution in [2.45, 2.75) is 6.92 Å². The Balaban J connectivity index is 1.51. The van der Waals surface area contributed by atoms with Gasteiger partial charge in [0, 0.05) is 48.1 Å². The Bertz CT molecular complexity index is 1140. The van der Waals surface area contributed by atoms with E-state index in [0.29, 0.717) is 27.7 Å². The second-order valence-electron chi connectivity index (χ2n) is 6.92. The number of fused-ring (bicyclic) bond motifs is 1. The average molecular weight is 441 g/mol. The minimum Gasteiger partial charge on any atom is -0.337 e. The lowest BCUT2D eigenvalue weighted by molar-refractivity contribution is -0.111. The number of nitrogens with zero attached hydrogens (tertiary/aromatic N) is 3. The van der Waals surface area contributed by atoms with Gasteiger partial charge < -0.3 is 10.2 Å². The number of thioether (sulfide) groups is 1. The maximum atomic E-state index is 12.9. The van der Waals surface area contributed by atoms with Crippen molar-refractivity contribution in [3.63, 3.8) is 0 Å². The van der Waals surface area contributed by atoms with Crippen LogP contribution in [0.25, 0.3) is 11.7 Å². The standard InChI is InChI=1S/C22H21ClN4O2S/c1-15-16(22(29)26-11-13-30-14-12-26)5-4-6-17(15)24-20(28)9-8-18-21(23)25-19-7-2-3-10-27(18)19/h2-10H,11-14H2,1H3,(H,24,28)/b9-8+. The molecule has 2 amide bonds. The van der Waals surface area contributed by atoms with Gasteiger partial charge in [-0.1, -0.05) is 23.7 Å². The number of anilines is 1. The van der Waals surface area contributed by atoms with Crippen LogP contribution in [0.3, 0.4) is 0 Å². The highest BCUT2D eigenvalue weighted by Gasteiger charge is 2.21. The minimum atomic E-state index is -0.306. The average Bonchev–Trinajstić information content (AvgIpc) is 3.09. The topological polar surface area (TPSA) is 66.7 Å². The quantitative estimate of drug-likeness (QED) is 0.619. The molecule has 0 aliphatic carbocycles. The van der Waals surface area contributed by atoms with Crippen molar-refractivity contribution in [2.24, 2.45) is 0 Å². The molecule has 1 aromatic carbocycles. The minimum absolute atomic E-state index is 0.0111. The van der Waals surface area contributed by atoms with Crippen LogP contribution < -0.4 is 5.32 Å². The van der Waals surface area contributed by atoms with Crippen molar-refractivity contribution in [1.82, 2.24) is 14.3 Å².